The predicted molar refractivity (Wildman–Crippen MR) is 64.3 cm³/mol. The van der Waals surface area contributed by atoms with Gasteiger partial charge in [-0.05, 0) is 40.2 Å². The zero-order chi connectivity index (χ0) is 11.5. The number of carboxylic acids is 1. The molecule has 0 unspecified atom stereocenters. The van der Waals surface area contributed by atoms with Crippen LogP contribution in [0, 0.1) is 0 Å². The lowest BCUT2D eigenvalue weighted by atomic mass is 10.1. The average molecular weight is 278 g/mol. The van der Waals surface area contributed by atoms with Crippen LogP contribution in [0.25, 0.3) is 11.3 Å². The molecule has 2 rings (SSSR count). The molecule has 3 nitrogen and oxygen atoms in total. The standard InChI is InChI=1S/C12H8BrNO2/c13-10-5-4-8(7-9(10)12(15)16)11-3-1-2-6-14-11/h1-7H,(H,15,16). The normalized spacial score (nSPS) is 10.1. The first-order valence-electron chi connectivity index (χ1n) is 4.63. The summed E-state index contributed by atoms with van der Waals surface area (Å²) in [6.45, 7) is 0. The number of hydrogen-bond acceptors (Lipinski definition) is 2. The Morgan fingerprint density at radius 1 is 1.25 bits per heavy atom. The molecule has 16 heavy (non-hydrogen) atoms. The molecule has 1 aromatic heterocycles. The van der Waals surface area contributed by atoms with Crippen LogP contribution in [0.1, 0.15) is 10.4 Å². The summed E-state index contributed by atoms with van der Waals surface area (Å²) in [4.78, 5) is 15.1. The predicted octanol–water partition coefficient (Wildman–Crippen LogP) is 3.21. The third kappa shape index (κ3) is 2.12. The van der Waals surface area contributed by atoms with Gasteiger partial charge in [0.1, 0.15) is 0 Å². The fourth-order valence-electron chi connectivity index (χ4n) is 1.38. The highest BCUT2D eigenvalue weighted by Gasteiger charge is 2.09. The minimum atomic E-state index is -0.954. The Balaban J connectivity index is 2.52. The summed E-state index contributed by atoms with van der Waals surface area (Å²) in [7, 11) is 0. The molecule has 0 aliphatic heterocycles. The summed E-state index contributed by atoms with van der Waals surface area (Å²) in [5, 5.41) is 8.99. The van der Waals surface area contributed by atoms with Gasteiger partial charge in [0.2, 0.25) is 0 Å². The molecule has 0 spiro atoms. The van der Waals surface area contributed by atoms with E-state index in [1.807, 2.05) is 24.3 Å². The van der Waals surface area contributed by atoms with Crippen molar-refractivity contribution in [3.63, 3.8) is 0 Å². The quantitative estimate of drug-likeness (QED) is 0.917. The van der Waals surface area contributed by atoms with Crippen LogP contribution in [-0.4, -0.2) is 16.1 Å². The number of carbonyl (C=O) groups is 1. The molecule has 0 saturated heterocycles. The van der Waals surface area contributed by atoms with Gasteiger partial charge in [-0.25, -0.2) is 4.79 Å². The van der Waals surface area contributed by atoms with Gasteiger partial charge in [-0.3, -0.25) is 4.98 Å². The SMILES string of the molecule is O=C(O)c1cc(-c2ccccn2)ccc1Br. The maximum atomic E-state index is 11.0. The highest BCUT2D eigenvalue weighted by atomic mass is 79.9. The van der Waals surface area contributed by atoms with E-state index in [-0.39, 0.29) is 5.56 Å². The van der Waals surface area contributed by atoms with E-state index in [9.17, 15) is 4.79 Å². The number of aromatic nitrogens is 1. The second-order valence-electron chi connectivity index (χ2n) is 3.21. The zero-order valence-electron chi connectivity index (χ0n) is 8.22. The van der Waals surface area contributed by atoms with Gasteiger partial charge in [0.25, 0.3) is 0 Å². The molecule has 4 heteroatoms. The van der Waals surface area contributed by atoms with Gasteiger partial charge in [-0.2, -0.15) is 0 Å². The summed E-state index contributed by atoms with van der Waals surface area (Å²) in [5.41, 5.74) is 1.79. The van der Waals surface area contributed by atoms with E-state index < -0.39 is 5.97 Å². The number of hydrogen-bond donors (Lipinski definition) is 1. The first-order chi connectivity index (χ1) is 7.68. The van der Waals surface area contributed by atoms with E-state index in [1.54, 1.807) is 18.3 Å². The van der Waals surface area contributed by atoms with E-state index >= 15 is 0 Å². The molecule has 0 amide bonds. The minimum absolute atomic E-state index is 0.239. The maximum absolute atomic E-state index is 11.0. The van der Waals surface area contributed by atoms with Gasteiger partial charge in [-0.1, -0.05) is 12.1 Å². The highest BCUT2D eigenvalue weighted by molar-refractivity contribution is 9.10. The molecule has 0 bridgehead atoms. The molecule has 0 saturated carbocycles. The summed E-state index contributed by atoms with van der Waals surface area (Å²) in [6.07, 6.45) is 1.68. The van der Waals surface area contributed by atoms with Crippen LogP contribution < -0.4 is 0 Å². The molecule has 0 aliphatic rings. The van der Waals surface area contributed by atoms with Crippen molar-refractivity contribution < 1.29 is 9.90 Å². The first kappa shape index (κ1) is 10.8. The van der Waals surface area contributed by atoms with Gasteiger partial charge >= 0.3 is 5.97 Å². The largest absolute Gasteiger partial charge is 0.478 e. The maximum Gasteiger partial charge on any atom is 0.336 e. The van der Waals surface area contributed by atoms with Gasteiger partial charge < -0.3 is 5.11 Å². The third-order valence-electron chi connectivity index (χ3n) is 2.16. The van der Waals surface area contributed by atoms with Crippen molar-refractivity contribution in [2.75, 3.05) is 0 Å². The molecule has 0 atom stereocenters. The second kappa shape index (κ2) is 4.45. The van der Waals surface area contributed by atoms with Crippen molar-refractivity contribution in [1.29, 1.82) is 0 Å². The Bertz CT molecular complexity index is 526. The molecule has 0 fully saturated rings. The molecule has 1 aromatic carbocycles. The van der Waals surface area contributed by atoms with Crippen LogP contribution in [0.2, 0.25) is 0 Å². The lowest BCUT2D eigenvalue weighted by Crippen LogP contribution is -1.98. The van der Waals surface area contributed by atoms with Gasteiger partial charge in [0.05, 0.1) is 11.3 Å². The van der Waals surface area contributed by atoms with Crippen LogP contribution in [0.5, 0.6) is 0 Å². The summed E-state index contributed by atoms with van der Waals surface area (Å²) < 4.78 is 0.569. The molecule has 0 aliphatic carbocycles. The monoisotopic (exact) mass is 277 g/mol. The van der Waals surface area contributed by atoms with Gasteiger partial charge in [0, 0.05) is 16.2 Å². The summed E-state index contributed by atoms with van der Waals surface area (Å²) in [6, 6.07) is 10.7. The van der Waals surface area contributed by atoms with Crippen LogP contribution in [-0.2, 0) is 0 Å². The van der Waals surface area contributed by atoms with E-state index in [0.29, 0.717) is 4.47 Å². The molecular weight excluding hydrogens is 270 g/mol. The number of benzene rings is 1. The van der Waals surface area contributed by atoms with Crippen molar-refractivity contribution in [3.05, 3.63) is 52.6 Å². The Hall–Kier alpha value is -1.68. The number of carboxylic acid groups (broad SMARTS) is 1. The average Bonchev–Trinajstić information content (AvgIpc) is 2.30. The Labute approximate surface area is 101 Å². The smallest absolute Gasteiger partial charge is 0.336 e. The van der Waals surface area contributed by atoms with Gasteiger partial charge in [0.15, 0.2) is 0 Å². The molecule has 1 heterocycles. The zero-order valence-corrected chi connectivity index (χ0v) is 9.81. The topological polar surface area (TPSA) is 50.2 Å². The third-order valence-corrected chi connectivity index (χ3v) is 2.85. The van der Waals surface area contributed by atoms with E-state index in [4.69, 9.17) is 5.11 Å². The molecule has 1 N–H and O–H groups in total. The number of nitrogens with zero attached hydrogens (tertiary/aromatic N) is 1. The van der Waals surface area contributed by atoms with Crippen molar-refractivity contribution in [2.45, 2.75) is 0 Å². The van der Waals surface area contributed by atoms with E-state index in [2.05, 4.69) is 20.9 Å². The second-order valence-corrected chi connectivity index (χ2v) is 4.07. The van der Waals surface area contributed by atoms with E-state index in [0.717, 1.165) is 11.3 Å². The first-order valence-corrected chi connectivity index (χ1v) is 5.42. The minimum Gasteiger partial charge on any atom is -0.478 e. The summed E-state index contributed by atoms with van der Waals surface area (Å²) in [5.74, 6) is -0.954. The Morgan fingerprint density at radius 3 is 2.69 bits per heavy atom. The Morgan fingerprint density at radius 2 is 2.06 bits per heavy atom. The van der Waals surface area contributed by atoms with Crippen LogP contribution in [0.3, 0.4) is 0 Å². The van der Waals surface area contributed by atoms with E-state index in [1.165, 1.54) is 0 Å². The van der Waals surface area contributed by atoms with Crippen molar-refractivity contribution >= 4 is 21.9 Å². The molecule has 0 radical (unpaired) electrons. The van der Waals surface area contributed by atoms with Crippen molar-refractivity contribution in [3.8, 4) is 11.3 Å². The lowest BCUT2D eigenvalue weighted by molar-refractivity contribution is 0.0696. The summed E-state index contributed by atoms with van der Waals surface area (Å²) >= 11 is 3.20. The fourth-order valence-corrected chi connectivity index (χ4v) is 1.80. The number of pyridine rings is 1. The van der Waals surface area contributed by atoms with Crippen molar-refractivity contribution in [2.24, 2.45) is 0 Å². The van der Waals surface area contributed by atoms with Crippen LogP contribution in [0.15, 0.2) is 47.1 Å². The lowest BCUT2D eigenvalue weighted by Gasteiger charge is -2.03. The Kier molecular flexibility index (Phi) is 3.01. The van der Waals surface area contributed by atoms with Crippen LogP contribution in [0.4, 0.5) is 0 Å². The number of aromatic carboxylic acids is 1. The van der Waals surface area contributed by atoms with Crippen molar-refractivity contribution in [1.82, 2.24) is 4.98 Å². The van der Waals surface area contributed by atoms with Crippen LogP contribution >= 0.6 is 15.9 Å². The number of halogens is 1. The van der Waals surface area contributed by atoms with Gasteiger partial charge in [-0.15, -0.1) is 0 Å². The number of rotatable bonds is 2. The molecular formula is C12H8BrNO2. The molecule has 80 valence electrons. The molecule has 2 aromatic rings. The highest BCUT2D eigenvalue weighted by Crippen LogP contribution is 2.24. The fraction of sp³-hybridized carbons (Fsp3) is 0.